The summed E-state index contributed by atoms with van der Waals surface area (Å²) in [5.74, 6) is -1.98. The van der Waals surface area contributed by atoms with Gasteiger partial charge in [-0.2, -0.15) is 0 Å². The smallest absolute Gasteiger partial charge is 0.263 e. The first-order valence-electron chi connectivity index (χ1n) is 9.09. The molecule has 1 heterocycles. The number of benzene rings is 2. The molecule has 0 radical (unpaired) electrons. The molecule has 0 bridgehead atoms. The SMILES string of the molecule is FC1(F)CC1(c1ccccc1)c1ccc(OCCN2CCOCC2)cc1. The molecule has 138 valence electrons. The number of hydrogen-bond acceptors (Lipinski definition) is 3. The van der Waals surface area contributed by atoms with E-state index in [2.05, 4.69) is 4.90 Å². The minimum atomic E-state index is -2.70. The summed E-state index contributed by atoms with van der Waals surface area (Å²) in [4.78, 5) is 2.30. The molecule has 0 aromatic heterocycles. The minimum absolute atomic E-state index is 0.138. The number of ether oxygens (including phenoxy) is 2. The van der Waals surface area contributed by atoms with Crippen LogP contribution >= 0.6 is 0 Å². The van der Waals surface area contributed by atoms with Gasteiger partial charge in [0.15, 0.2) is 0 Å². The Kier molecular flexibility index (Phi) is 4.67. The third-order valence-corrected chi connectivity index (χ3v) is 5.38. The Balaban J connectivity index is 1.42. The Hall–Kier alpha value is -1.98. The molecule has 3 nitrogen and oxygen atoms in total. The van der Waals surface area contributed by atoms with Gasteiger partial charge in [-0.25, -0.2) is 8.78 Å². The number of nitrogens with zero attached hydrogens (tertiary/aromatic N) is 1. The van der Waals surface area contributed by atoms with E-state index in [0.29, 0.717) is 23.5 Å². The molecule has 1 unspecified atom stereocenters. The van der Waals surface area contributed by atoms with Gasteiger partial charge in [0, 0.05) is 26.1 Å². The van der Waals surface area contributed by atoms with E-state index >= 15 is 0 Å². The van der Waals surface area contributed by atoms with E-state index in [1.54, 1.807) is 36.4 Å². The van der Waals surface area contributed by atoms with Gasteiger partial charge in [-0.1, -0.05) is 42.5 Å². The maximum atomic E-state index is 14.3. The Bertz CT molecular complexity index is 729. The van der Waals surface area contributed by atoms with Crippen molar-refractivity contribution in [1.82, 2.24) is 4.90 Å². The molecule has 1 aliphatic carbocycles. The van der Waals surface area contributed by atoms with Gasteiger partial charge in [-0.05, 0) is 23.3 Å². The largest absolute Gasteiger partial charge is 0.492 e. The van der Waals surface area contributed by atoms with Crippen molar-refractivity contribution in [1.29, 1.82) is 0 Å². The number of halogens is 2. The highest BCUT2D eigenvalue weighted by atomic mass is 19.3. The first kappa shape index (κ1) is 17.4. The molecule has 0 amide bonds. The molecular formula is C21H23F2NO2. The molecule has 0 spiro atoms. The first-order chi connectivity index (χ1) is 12.6. The zero-order valence-corrected chi connectivity index (χ0v) is 14.7. The summed E-state index contributed by atoms with van der Waals surface area (Å²) in [6.07, 6.45) is -0.138. The molecule has 5 heteroatoms. The van der Waals surface area contributed by atoms with E-state index in [0.717, 1.165) is 32.8 Å². The lowest BCUT2D eigenvalue weighted by molar-refractivity contribution is 0.0322. The number of morpholine rings is 1. The van der Waals surface area contributed by atoms with Crippen molar-refractivity contribution in [3.8, 4) is 5.75 Å². The van der Waals surface area contributed by atoms with Gasteiger partial charge in [0.25, 0.3) is 5.92 Å². The zero-order valence-electron chi connectivity index (χ0n) is 14.7. The van der Waals surface area contributed by atoms with Gasteiger partial charge in [0.1, 0.15) is 12.4 Å². The maximum Gasteiger partial charge on any atom is 0.263 e. The zero-order chi connectivity index (χ0) is 18.0. The summed E-state index contributed by atoms with van der Waals surface area (Å²) in [6, 6.07) is 16.2. The van der Waals surface area contributed by atoms with E-state index < -0.39 is 11.3 Å². The van der Waals surface area contributed by atoms with Crippen molar-refractivity contribution in [3.63, 3.8) is 0 Å². The minimum Gasteiger partial charge on any atom is -0.492 e. The third kappa shape index (κ3) is 3.21. The topological polar surface area (TPSA) is 21.7 Å². The fourth-order valence-electron chi connectivity index (χ4n) is 3.76. The predicted octanol–water partition coefficient (Wildman–Crippen LogP) is 3.72. The van der Waals surface area contributed by atoms with Crippen molar-refractivity contribution in [3.05, 3.63) is 65.7 Å². The highest BCUT2D eigenvalue weighted by molar-refractivity contribution is 5.51. The molecule has 2 fully saturated rings. The fraction of sp³-hybridized carbons (Fsp3) is 0.429. The summed E-state index contributed by atoms with van der Waals surface area (Å²) >= 11 is 0. The van der Waals surface area contributed by atoms with Crippen molar-refractivity contribution < 1.29 is 18.3 Å². The average molecular weight is 359 g/mol. The Morgan fingerprint density at radius 3 is 2.15 bits per heavy atom. The van der Waals surface area contributed by atoms with Crippen LogP contribution in [0.1, 0.15) is 17.5 Å². The van der Waals surface area contributed by atoms with E-state index in [1.165, 1.54) is 0 Å². The van der Waals surface area contributed by atoms with E-state index in [4.69, 9.17) is 9.47 Å². The second-order valence-electron chi connectivity index (χ2n) is 6.98. The lowest BCUT2D eigenvalue weighted by atomic mass is 9.87. The van der Waals surface area contributed by atoms with E-state index in [1.807, 2.05) is 18.2 Å². The van der Waals surface area contributed by atoms with Crippen LogP contribution in [0.25, 0.3) is 0 Å². The fourth-order valence-corrected chi connectivity index (χ4v) is 3.76. The van der Waals surface area contributed by atoms with Crippen LogP contribution in [-0.2, 0) is 10.2 Å². The molecule has 26 heavy (non-hydrogen) atoms. The van der Waals surface area contributed by atoms with Crippen molar-refractivity contribution >= 4 is 0 Å². The van der Waals surface area contributed by atoms with Crippen molar-refractivity contribution in [2.45, 2.75) is 17.8 Å². The van der Waals surface area contributed by atoms with Crippen LogP contribution in [0.4, 0.5) is 8.78 Å². The summed E-state index contributed by atoms with van der Waals surface area (Å²) in [6.45, 7) is 4.82. The lowest BCUT2D eigenvalue weighted by Gasteiger charge is -2.26. The molecule has 1 atom stereocenters. The van der Waals surface area contributed by atoms with Gasteiger partial charge in [0.2, 0.25) is 0 Å². The quantitative estimate of drug-likeness (QED) is 0.785. The lowest BCUT2D eigenvalue weighted by Crippen LogP contribution is -2.38. The van der Waals surface area contributed by atoms with Gasteiger partial charge in [-0.15, -0.1) is 0 Å². The second kappa shape index (κ2) is 6.97. The number of alkyl halides is 2. The van der Waals surface area contributed by atoms with Gasteiger partial charge >= 0.3 is 0 Å². The predicted molar refractivity (Wildman–Crippen MR) is 96.0 cm³/mol. The van der Waals surface area contributed by atoms with Crippen LogP contribution in [0.15, 0.2) is 54.6 Å². The normalized spacial score (nSPS) is 25.0. The van der Waals surface area contributed by atoms with Crippen LogP contribution in [-0.4, -0.2) is 50.3 Å². The van der Waals surface area contributed by atoms with E-state index in [9.17, 15) is 8.78 Å². The molecule has 4 rings (SSSR count). The van der Waals surface area contributed by atoms with Gasteiger partial charge in [0.05, 0.1) is 18.6 Å². The monoisotopic (exact) mass is 359 g/mol. The highest BCUT2D eigenvalue weighted by Gasteiger charge is 2.72. The highest BCUT2D eigenvalue weighted by Crippen LogP contribution is 2.65. The summed E-state index contributed by atoms with van der Waals surface area (Å²) in [5.41, 5.74) is 0.126. The standard InChI is InChI=1S/C21H23F2NO2/c22-21(23)16-20(21,17-4-2-1-3-5-17)18-6-8-19(9-7-18)26-15-12-24-10-13-25-14-11-24/h1-9H,10-16H2. The molecule has 1 aliphatic heterocycles. The van der Waals surface area contributed by atoms with Crippen molar-refractivity contribution in [2.75, 3.05) is 39.5 Å². The van der Waals surface area contributed by atoms with Crippen LogP contribution in [0.2, 0.25) is 0 Å². The van der Waals surface area contributed by atoms with E-state index in [-0.39, 0.29) is 6.42 Å². The molecule has 1 saturated heterocycles. The average Bonchev–Trinajstić information content (AvgIpc) is 3.27. The van der Waals surface area contributed by atoms with Crippen LogP contribution in [0, 0.1) is 0 Å². The van der Waals surface area contributed by atoms with Crippen LogP contribution < -0.4 is 4.74 Å². The maximum absolute atomic E-state index is 14.3. The summed E-state index contributed by atoms with van der Waals surface area (Å²) in [7, 11) is 0. The Morgan fingerprint density at radius 1 is 0.923 bits per heavy atom. The van der Waals surface area contributed by atoms with Gasteiger partial charge in [-0.3, -0.25) is 4.90 Å². The molecule has 0 N–H and O–H groups in total. The third-order valence-electron chi connectivity index (χ3n) is 5.38. The number of rotatable bonds is 6. The Labute approximate surface area is 152 Å². The summed E-state index contributed by atoms with van der Waals surface area (Å²) in [5, 5.41) is 0. The van der Waals surface area contributed by atoms with Crippen molar-refractivity contribution in [2.24, 2.45) is 0 Å². The number of hydrogen-bond donors (Lipinski definition) is 0. The molecular weight excluding hydrogens is 336 g/mol. The van der Waals surface area contributed by atoms with Crippen LogP contribution in [0.5, 0.6) is 5.75 Å². The molecule has 2 aromatic rings. The summed E-state index contributed by atoms with van der Waals surface area (Å²) < 4.78 is 39.7. The Morgan fingerprint density at radius 2 is 1.54 bits per heavy atom. The second-order valence-corrected chi connectivity index (χ2v) is 6.98. The first-order valence-corrected chi connectivity index (χ1v) is 9.09. The molecule has 2 aromatic carbocycles. The molecule has 2 aliphatic rings. The molecule has 1 saturated carbocycles. The van der Waals surface area contributed by atoms with Gasteiger partial charge < -0.3 is 9.47 Å². The van der Waals surface area contributed by atoms with Crippen LogP contribution in [0.3, 0.4) is 0 Å².